The summed E-state index contributed by atoms with van der Waals surface area (Å²) in [5, 5.41) is 11.5. The second-order valence-electron chi connectivity index (χ2n) is 6.32. The zero-order valence-electron chi connectivity index (χ0n) is 15.8. The fourth-order valence-electron chi connectivity index (χ4n) is 2.80. The molecule has 0 aliphatic rings. The first-order valence-corrected chi connectivity index (χ1v) is 8.74. The molecule has 142 valence electrons. The number of nitrogens with one attached hydrogen (secondary N) is 1. The zero-order valence-corrected chi connectivity index (χ0v) is 15.8. The van der Waals surface area contributed by atoms with Crippen LogP contribution in [0, 0.1) is 18.3 Å². The monoisotopic (exact) mass is 376 g/mol. The van der Waals surface area contributed by atoms with Crippen LogP contribution in [0.25, 0.3) is 5.69 Å². The highest BCUT2D eigenvalue weighted by molar-refractivity contribution is 5.94. The van der Waals surface area contributed by atoms with Crippen LogP contribution in [-0.2, 0) is 11.8 Å². The van der Waals surface area contributed by atoms with Crippen molar-refractivity contribution in [3.63, 3.8) is 0 Å². The van der Waals surface area contributed by atoms with Crippen LogP contribution in [0.15, 0.2) is 59.4 Å². The van der Waals surface area contributed by atoms with Crippen LogP contribution in [0.4, 0.5) is 5.69 Å². The molecule has 3 rings (SSSR count). The van der Waals surface area contributed by atoms with Crippen molar-refractivity contribution in [1.82, 2.24) is 9.36 Å². The molecule has 0 radical (unpaired) electrons. The first-order valence-electron chi connectivity index (χ1n) is 8.74. The van der Waals surface area contributed by atoms with Crippen LogP contribution in [0.5, 0.6) is 5.75 Å². The Labute approximate surface area is 162 Å². The van der Waals surface area contributed by atoms with Gasteiger partial charge in [-0.05, 0) is 50.2 Å². The Morgan fingerprint density at radius 2 is 1.79 bits per heavy atom. The third kappa shape index (κ3) is 3.67. The third-order valence-electron chi connectivity index (χ3n) is 4.47. The fraction of sp³-hybridized carbons (Fsp3) is 0.190. The van der Waals surface area contributed by atoms with E-state index >= 15 is 0 Å². The number of rotatable bonds is 5. The number of para-hydroxylation sites is 1. The molecule has 0 saturated heterocycles. The molecule has 1 atom stereocenters. The maximum atomic E-state index is 12.9. The van der Waals surface area contributed by atoms with Gasteiger partial charge in [-0.3, -0.25) is 14.3 Å². The molecule has 0 saturated carbocycles. The number of benzene rings is 2. The van der Waals surface area contributed by atoms with E-state index in [1.54, 1.807) is 49.8 Å². The Hall–Kier alpha value is -3.79. The molecule has 0 bridgehead atoms. The van der Waals surface area contributed by atoms with Gasteiger partial charge in [-0.15, -0.1) is 0 Å². The largest absolute Gasteiger partial charge is 0.481 e. The number of nitriles is 1. The number of carbonyl (C=O) groups is 1. The number of nitrogens with zero attached hydrogens (tertiary/aromatic N) is 3. The molecule has 0 aliphatic carbocycles. The second-order valence-corrected chi connectivity index (χ2v) is 6.32. The van der Waals surface area contributed by atoms with E-state index in [9.17, 15) is 9.59 Å². The van der Waals surface area contributed by atoms with Gasteiger partial charge in [0, 0.05) is 7.05 Å². The van der Waals surface area contributed by atoms with Gasteiger partial charge < -0.3 is 10.1 Å². The van der Waals surface area contributed by atoms with Crippen LogP contribution in [0.3, 0.4) is 0 Å². The molecule has 0 aliphatic heterocycles. The Kier molecular flexibility index (Phi) is 5.32. The van der Waals surface area contributed by atoms with Gasteiger partial charge >= 0.3 is 0 Å². The van der Waals surface area contributed by atoms with Gasteiger partial charge in [-0.2, -0.15) is 5.26 Å². The van der Waals surface area contributed by atoms with Crippen LogP contribution in [-0.4, -0.2) is 21.4 Å². The van der Waals surface area contributed by atoms with Crippen molar-refractivity contribution in [2.45, 2.75) is 20.0 Å². The Balaban J connectivity index is 1.80. The number of hydrogen-bond donors (Lipinski definition) is 1. The minimum absolute atomic E-state index is 0.214. The molecule has 3 aromatic rings. The van der Waals surface area contributed by atoms with Crippen molar-refractivity contribution in [3.05, 3.63) is 76.2 Å². The maximum absolute atomic E-state index is 12.9. The highest BCUT2D eigenvalue weighted by Crippen LogP contribution is 2.16. The first kappa shape index (κ1) is 19.0. The molecular formula is C21H20N4O3. The van der Waals surface area contributed by atoms with E-state index in [2.05, 4.69) is 5.32 Å². The van der Waals surface area contributed by atoms with Crippen molar-refractivity contribution >= 4 is 11.6 Å². The van der Waals surface area contributed by atoms with E-state index in [1.807, 2.05) is 36.4 Å². The third-order valence-corrected chi connectivity index (χ3v) is 4.47. The van der Waals surface area contributed by atoms with Crippen molar-refractivity contribution in [3.8, 4) is 17.5 Å². The van der Waals surface area contributed by atoms with Crippen molar-refractivity contribution in [2.24, 2.45) is 7.05 Å². The summed E-state index contributed by atoms with van der Waals surface area (Å²) in [5.74, 6) is 0.0310. The average molecular weight is 376 g/mol. The molecule has 1 amide bonds. The molecule has 0 unspecified atom stereocenters. The quantitative estimate of drug-likeness (QED) is 0.741. The highest BCUT2D eigenvalue weighted by Gasteiger charge is 2.21. The van der Waals surface area contributed by atoms with Gasteiger partial charge in [-0.25, -0.2) is 4.68 Å². The fourth-order valence-corrected chi connectivity index (χ4v) is 2.80. The lowest BCUT2D eigenvalue weighted by molar-refractivity contribution is -0.122. The van der Waals surface area contributed by atoms with Crippen molar-refractivity contribution in [2.75, 3.05) is 5.32 Å². The van der Waals surface area contributed by atoms with E-state index in [1.165, 1.54) is 4.68 Å². The predicted molar refractivity (Wildman–Crippen MR) is 106 cm³/mol. The summed E-state index contributed by atoms with van der Waals surface area (Å²) in [4.78, 5) is 25.4. The Morgan fingerprint density at radius 1 is 1.14 bits per heavy atom. The van der Waals surface area contributed by atoms with Crippen LogP contribution in [0.1, 0.15) is 18.2 Å². The molecule has 2 aromatic carbocycles. The van der Waals surface area contributed by atoms with Gasteiger partial charge in [0.25, 0.3) is 11.5 Å². The minimum Gasteiger partial charge on any atom is -0.481 e. The topological polar surface area (TPSA) is 89.1 Å². The first-order chi connectivity index (χ1) is 13.4. The lowest BCUT2D eigenvalue weighted by atomic mass is 10.2. The van der Waals surface area contributed by atoms with Gasteiger partial charge in [0.1, 0.15) is 11.4 Å². The summed E-state index contributed by atoms with van der Waals surface area (Å²) in [6.07, 6.45) is -0.822. The number of aromatic nitrogens is 2. The summed E-state index contributed by atoms with van der Waals surface area (Å²) in [7, 11) is 1.76. The summed E-state index contributed by atoms with van der Waals surface area (Å²) in [6, 6.07) is 17.7. The summed E-state index contributed by atoms with van der Waals surface area (Å²) in [5.41, 5.74) is 1.75. The van der Waals surface area contributed by atoms with Crippen molar-refractivity contribution < 1.29 is 9.53 Å². The number of amides is 1. The van der Waals surface area contributed by atoms with Crippen LogP contribution >= 0.6 is 0 Å². The van der Waals surface area contributed by atoms with Crippen molar-refractivity contribution in [1.29, 1.82) is 5.26 Å². The van der Waals surface area contributed by atoms with Crippen LogP contribution < -0.4 is 15.6 Å². The smallest absolute Gasteiger partial charge is 0.295 e. The Morgan fingerprint density at radius 3 is 2.39 bits per heavy atom. The number of carbonyl (C=O) groups excluding carboxylic acids is 1. The molecule has 7 heteroatoms. The predicted octanol–water partition coefficient (Wildman–Crippen LogP) is 2.76. The SMILES string of the molecule is Cc1c(NC(=O)[C@@H](C)Oc2ccc(C#N)cc2)c(=O)n(-c2ccccc2)n1C. The lowest BCUT2D eigenvalue weighted by Gasteiger charge is -2.14. The van der Waals surface area contributed by atoms with Gasteiger partial charge in [-0.1, -0.05) is 18.2 Å². The zero-order chi connectivity index (χ0) is 20.3. The standard InChI is InChI=1S/C21H20N4O3/c1-14-19(21(27)25(24(14)3)17-7-5-4-6-8-17)23-20(26)15(2)28-18-11-9-16(13-22)10-12-18/h4-12,15H,1-3H3,(H,23,26)/t15-/m1/s1. The minimum atomic E-state index is -0.822. The second kappa shape index (κ2) is 7.84. The summed E-state index contributed by atoms with van der Waals surface area (Å²) >= 11 is 0. The maximum Gasteiger partial charge on any atom is 0.295 e. The molecule has 0 spiro atoms. The molecule has 1 aromatic heterocycles. The average Bonchev–Trinajstić information content (AvgIpc) is 2.92. The van der Waals surface area contributed by atoms with E-state index in [0.717, 1.165) is 0 Å². The number of anilines is 1. The highest BCUT2D eigenvalue weighted by atomic mass is 16.5. The van der Waals surface area contributed by atoms with Crippen LogP contribution in [0.2, 0.25) is 0 Å². The lowest BCUT2D eigenvalue weighted by Crippen LogP contribution is -2.32. The summed E-state index contributed by atoms with van der Waals surface area (Å²) in [6.45, 7) is 3.37. The Bertz CT molecular complexity index is 1090. The van der Waals surface area contributed by atoms with Gasteiger partial charge in [0.2, 0.25) is 0 Å². The molecule has 28 heavy (non-hydrogen) atoms. The van der Waals surface area contributed by atoms with E-state index in [0.29, 0.717) is 22.7 Å². The molecule has 0 fully saturated rings. The molecule has 1 heterocycles. The van der Waals surface area contributed by atoms with Gasteiger partial charge in [0.15, 0.2) is 6.10 Å². The molecule has 7 nitrogen and oxygen atoms in total. The normalized spacial score (nSPS) is 11.5. The van der Waals surface area contributed by atoms with Gasteiger partial charge in [0.05, 0.1) is 23.0 Å². The molecular weight excluding hydrogens is 356 g/mol. The van der Waals surface area contributed by atoms with E-state index < -0.39 is 12.0 Å². The summed E-state index contributed by atoms with van der Waals surface area (Å²) < 4.78 is 8.80. The number of ether oxygens (including phenoxy) is 1. The molecule has 1 N–H and O–H groups in total. The number of hydrogen-bond acceptors (Lipinski definition) is 4. The van der Waals surface area contributed by atoms with E-state index in [4.69, 9.17) is 10.00 Å². The van der Waals surface area contributed by atoms with E-state index in [-0.39, 0.29) is 11.2 Å².